The SMILES string of the molecule is NCc1ccc(C=O)c(C(F)(F)F)c1C(F)(F)F. The third-order valence-corrected chi connectivity index (χ3v) is 2.24. The van der Waals surface area contributed by atoms with Gasteiger partial charge in [-0.3, -0.25) is 4.79 Å². The molecular weight excluding hydrogens is 264 g/mol. The summed E-state index contributed by atoms with van der Waals surface area (Å²) in [6.45, 7) is -0.711. The lowest BCUT2D eigenvalue weighted by Crippen LogP contribution is -2.22. The van der Waals surface area contributed by atoms with Gasteiger partial charge in [-0.15, -0.1) is 0 Å². The molecule has 8 heteroatoms. The number of rotatable bonds is 2. The minimum atomic E-state index is -5.29. The lowest BCUT2D eigenvalue weighted by atomic mass is 9.95. The fourth-order valence-electron chi connectivity index (χ4n) is 1.56. The van der Waals surface area contributed by atoms with E-state index in [9.17, 15) is 31.1 Å². The van der Waals surface area contributed by atoms with Crippen LogP contribution in [0, 0.1) is 0 Å². The second-order valence-electron chi connectivity index (χ2n) is 3.38. The average molecular weight is 271 g/mol. The molecule has 0 heterocycles. The number of carbonyl (C=O) groups excluding carboxylic acids is 1. The zero-order valence-corrected chi connectivity index (χ0v) is 8.69. The molecule has 0 radical (unpaired) electrons. The second kappa shape index (κ2) is 4.60. The first kappa shape index (κ1) is 14.5. The first-order valence-electron chi connectivity index (χ1n) is 4.58. The molecule has 2 nitrogen and oxygen atoms in total. The number of nitrogens with two attached hydrogens (primary N) is 1. The molecule has 0 saturated heterocycles. The summed E-state index contributed by atoms with van der Waals surface area (Å²) in [7, 11) is 0. The zero-order valence-electron chi connectivity index (χ0n) is 8.69. The van der Waals surface area contributed by atoms with Crippen molar-refractivity contribution in [3.8, 4) is 0 Å². The van der Waals surface area contributed by atoms with Crippen molar-refractivity contribution in [2.75, 3.05) is 0 Å². The minimum Gasteiger partial charge on any atom is -0.326 e. The third kappa shape index (κ3) is 2.63. The van der Waals surface area contributed by atoms with Crippen LogP contribution in [0.15, 0.2) is 12.1 Å². The average Bonchev–Trinajstić information content (AvgIpc) is 2.24. The Kier molecular flexibility index (Phi) is 3.70. The van der Waals surface area contributed by atoms with Crippen LogP contribution in [-0.2, 0) is 18.9 Å². The number of hydrogen-bond donors (Lipinski definition) is 1. The summed E-state index contributed by atoms with van der Waals surface area (Å²) >= 11 is 0. The number of halogens is 6. The second-order valence-corrected chi connectivity index (χ2v) is 3.38. The smallest absolute Gasteiger partial charge is 0.326 e. The van der Waals surface area contributed by atoms with Crippen molar-refractivity contribution >= 4 is 6.29 Å². The van der Waals surface area contributed by atoms with Crippen LogP contribution in [0.2, 0.25) is 0 Å². The van der Waals surface area contributed by atoms with Crippen molar-refractivity contribution in [3.63, 3.8) is 0 Å². The fourth-order valence-corrected chi connectivity index (χ4v) is 1.56. The Balaban J connectivity index is 3.76. The van der Waals surface area contributed by atoms with Crippen molar-refractivity contribution < 1.29 is 31.1 Å². The van der Waals surface area contributed by atoms with E-state index in [1.807, 2.05) is 0 Å². The van der Waals surface area contributed by atoms with Gasteiger partial charge in [0.1, 0.15) is 0 Å². The molecule has 0 saturated carbocycles. The normalized spacial score (nSPS) is 12.6. The highest BCUT2D eigenvalue weighted by molar-refractivity contribution is 5.79. The van der Waals surface area contributed by atoms with Gasteiger partial charge in [-0.25, -0.2) is 0 Å². The van der Waals surface area contributed by atoms with Crippen molar-refractivity contribution in [2.24, 2.45) is 5.73 Å². The van der Waals surface area contributed by atoms with Gasteiger partial charge < -0.3 is 5.73 Å². The van der Waals surface area contributed by atoms with E-state index in [2.05, 4.69) is 0 Å². The van der Waals surface area contributed by atoms with Crippen LogP contribution in [-0.4, -0.2) is 6.29 Å². The molecule has 0 aliphatic carbocycles. The monoisotopic (exact) mass is 271 g/mol. The van der Waals surface area contributed by atoms with E-state index in [0.29, 0.717) is 6.07 Å². The number of hydrogen-bond acceptors (Lipinski definition) is 2. The summed E-state index contributed by atoms with van der Waals surface area (Å²) in [5.74, 6) is 0. The topological polar surface area (TPSA) is 43.1 Å². The highest BCUT2D eigenvalue weighted by Crippen LogP contribution is 2.43. The van der Waals surface area contributed by atoms with Gasteiger partial charge in [-0.1, -0.05) is 12.1 Å². The van der Waals surface area contributed by atoms with Crippen LogP contribution in [0.4, 0.5) is 26.3 Å². The van der Waals surface area contributed by atoms with Gasteiger partial charge in [0.05, 0.1) is 11.1 Å². The van der Waals surface area contributed by atoms with Crippen LogP contribution >= 0.6 is 0 Å². The molecule has 18 heavy (non-hydrogen) atoms. The van der Waals surface area contributed by atoms with Crippen LogP contribution in [0.1, 0.15) is 27.0 Å². The summed E-state index contributed by atoms with van der Waals surface area (Å²) in [6, 6.07) is 1.44. The van der Waals surface area contributed by atoms with Gasteiger partial charge in [0.25, 0.3) is 0 Å². The van der Waals surface area contributed by atoms with Crippen LogP contribution in [0.5, 0.6) is 0 Å². The maximum atomic E-state index is 12.7. The Morgan fingerprint density at radius 3 is 1.83 bits per heavy atom. The molecule has 1 rings (SSSR count). The van der Waals surface area contributed by atoms with E-state index in [-0.39, 0.29) is 6.29 Å². The number of alkyl halides is 6. The van der Waals surface area contributed by atoms with Gasteiger partial charge in [0, 0.05) is 12.1 Å². The van der Waals surface area contributed by atoms with E-state index in [4.69, 9.17) is 5.73 Å². The summed E-state index contributed by atoms with van der Waals surface area (Å²) in [6.07, 6.45) is -10.8. The maximum absolute atomic E-state index is 12.7. The molecule has 0 fully saturated rings. The van der Waals surface area contributed by atoms with E-state index >= 15 is 0 Å². The molecule has 100 valence electrons. The van der Waals surface area contributed by atoms with E-state index in [1.165, 1.54) is 0 Å². The molecule has 0 amide bonds. The van der Waals surface area contributed by atoms with Crippen molar-refractivity contribution in [2.45, 2.75) is 18.9 Å². The molecule has 0 atom stereocenters. The lowest BCUT2D eigenvalue weighted by molar-refractivity contribution is -0.162. The Labute approximate surface area is 97.4 Å². The molecule has 1 aromatic carbocycles. The van der Waals surface area contributed by atoms with Gasteiger partial charge in [0.15, 0.2) is 6.29 Å². The van der Waals surface area contributed by atoms with Gasteiger partial charge >= 0.3 is 12.4 Å². The Hall–Kier alpha value is -1.57. The number of benzene rings is 1. The highest BCUT2D eigenvalue weighted by atomic mass is 19.4. The van der Waals surface area contributed by atoms with E-state index in [0.717, 1.165) is 6.07 Å². The van der Waals surface area contributed by atoms with Crippen molar-refractivity contribution in [1.82, 2.24) is 0 Å². The highest BCUT2D eigenvalue weighted by Gasteiger charge is 2.46. The predicted molar refractivity (Wildman–Crippen MR) is 49.7 cm³/mol. The summed E-state index contributed by atoms with van der Waals surface area (Å²) in [5.41, 5.74) is -0.669. The molecule has 0 spiro atoms. The van der Waals surface area contributed by atoms with E-state index in [1.54, 1.807) is 0 Å². The molecule has 1 aromatic rings. The van der Waals surface area contributed by atoms with Gasteiger partial charge in [-0.05, 0) is 5.56 Å². The first-order chi connectivity index (χ1) is 8.12. The number of aldehydes is 1. The Morgan fingerprint density at radius 1 is 1.00 bits per heavy atom. The molecule has 0 bridgehead atoms. The van der Waals surface area contributed by atoms with E-state index < -0.39 is 41.2 Å². The molecular formula is C10H7F6NO. The van der Waals surface area contributed by atoms with Crippen LogP contribution < -0.4 is 5.73 Å². The quantitative estimate of drug-likeness (QED) is 0.663. The molecule has 0 aliphatic rings. The van der Waals surface area contributed by atoms with Gasteiger partial charge in [0.2, 0.25) is 0 Å². The summed E-state index contributed by atoms with van der Waals surface area (Å²) in [4.78, 5) is 10.5. The minimum absolute atomic E-state index is 0.266. The standard InChI is InChI=1S/C10H7F6NO/c11-9(12,13)7-5(3-17)1-2-6(4-18)8(7)10(14,15)16/h1-2,4H,3,17H2. The predicted octanol–water partition coefficient (Wildman–Crippen LogP) is 3.00. The van der Waals surface area contributed by atoms with Crippen molar-refractivity contribution in [3.05, 3.63) is 34.4 Å². The molecule has 0 unspecified atom stereocenters. The molecule has 2 N–H and O–H groups in total. The maximum Gasteiger partial charge on any atom is 0.417 e. The number of carbonyl (C=O) groups is 1. The Bertz CT molecular complexity index is 463. The fraction of sp³-hybridized carbons (Fsp3) is 0.300. The summed E-state index contributed by atoms with van der Waals surface area (Å²) < 4.78 is 75.9. The largest absolute Gasteiger partial charge is 0.417 e. The van der Waals surface area contributed by atoms with Crippen molar-refractivity contribution in [1.29, 1.82) is 0 Å². The third-order valence-electron chi connectivity index (χ3n) is 2.24. The molecule has 0 aromatic heterocycles. The van der Waals surface area contributed by atoms with Crippen LogP contribution in [0.3, 0.4) is 0 Å². The first-order valence-corrected chi connectivity index (χ1v) is 4.58. The molecule has 0 aliphatic heterocycles. The lowest BCUT2D eigenvalue weighted by Gasteiger charge is -2.20. The van der Waals surface area contributed by atoms with Crippen LogP contribution in [0.25, 0.3) is 0 Å². The Morgan fingerprint density at radius 2 is 1.50 bits per heavy atom. The van der Waals surface area contributed by atoms with Gasteiger partial charge in [-0.2, -0.15) is 26.3 Å². The zero-order chi connectivity index (χ0) is 14.1. The summed E-state index contributed by atoms with van der Waals surface area (Å²) in [5, 5.41) is 0.